The zero-order valence-corrected chi connectivity index (χ0v) is 12.8. The summed E-state index contributed by atoms with van der Waals surface area (Å²) in [6, 6.07) is 12.3. The van der Waals surface area contributed by atoms with E-state index in [0.29, 0.717) is 13.0 Å². The van der Waals surface area contributed by atoms with Gasteiger partial charge >= 0.3 is 0 Å². The van der Waals surface area contributed by atoms with E-state index in [1.54, 1.807) is 11.3 Å². The van der Waals surface area contributed by atoms with Crippen LogP contribution < -0.4 is 10.6 Å². The normalized spacial score (nSPS) is 17.6. The highest BCUT2D eigenvalue weighted by Gasteiger charge is 2.25. The number of hydrogen-bond donors (Lipinski definition) is 1. The molecule has 2 N–H and O–H groups in total. The molecule has 1 amide bonds. The molecule has 1 aliphatic rings. The fraction of sp³-hybridized carbons (Fsp3) is 0.353. The van der Waals surface area contributed by atoms with E-state index in [4.69, 9.17) is 5.73 Å². The van der Waals surface area contributed by atoms with Gasteiger partial charge in [0.25, 0.3) is 0 Å². The van der Waals surface area contributed by atoms with Gasteiger partial charge in [0.05, 0.1) is 0 Å². The summed E-state index contributed by atoms with van der Waals surface area (Å²) in [7, 11) is 0. The molecule has 0 saturated carbocycles. The Bertz CT molecular complexity index is 609. The maximum Gasteiger partial charge on any atom is 0.227 e. The predicted octanol–water partition coefficient (Wildman–Crippen LogP) is 2.99. The minimum Gasteiger partial charge on any atom is -0.326 e. The number of benzene rings is 1. The summed E-state index contributed by atoms with van der Waals surface area (Å²) in [4.78, 5) is 15.7. The minimum atomic E-state index is 0.0427. The van der Waals surface area contributed by atoms with Gasteiger partial charge in [-0.1, -0.05) is 24.3 Å². The summed E-state index contributed by atoms with van der Waals surface area (Å²) >= 11 is 1.75. The topological polar surface area (TPSA) is 46.3 Å². The first kappa shape index (κ1) is 14.3. The van der Waals surface area contributed by atoms with Crippen LogP contribution in [0, 0.1) is 0 Å². The van der Waals surface area contributed by atoms with Gasteiger partial charge in [0.15, 0.2) is 0 Å². The summed E-state index contributed by atoms with van der Waals surface area (Å²) in [5.41, 5.74) is 8.32. The maximum atomic E-state index is 12.5. The zero-order valence-electron chi connectivity index (χ0n) is 12.0. The summed E-state index contributed by atoms with van der Waals surface area (Å²) in [5.74, 6) is 0.189. The quantitative estimate of drug-likeness (QED) is 0.943. The Labute approximate surface area is 129 Å². The monoisotopic (exact) mass is 300 g/mol. The van der Waals surface area contributed by atoms with Crippen LogP contribution in [0.1, 0.15) is 23.3 Å². The van der Waals surface area contributed by atoms with Crippen molar-refractivity contribution in [1.29, 1.82) is 0 Å². The molecular formula is C17H20N2OS. The van der Waals surface area contributed by atoms with Gasteiger partial charge in [0.2, 0.25) is 5.91 Å². The second-order valence-electron chi connectivity index (χ2n) is 5.53. The summed E-state index contributed by atoms with van der Waals surface area (Å²) in [6.07, 6.45) is 3.31. The van der Waals surface area contributed by atoms with Crippen molar-refractivity contribution >= 4 is 22.9 Å². The molecule has 0 saturated heterocycles. The SMILES string of the molecule is NC1Cc2ccccc2N(C(=O)CCCc2cccs2)C1. The fourth-order valence-corrected chi connectivity index (χ4v) is 3.62. The van der Waals surface area contributed by atoms with Gasteiger partial charge in [-0.2, -0.15) is 0 Å². The number of rotatable bonds is 4. The zero-order chi connectivity index (χ0) is 14.7. The standard InChI is InChI=1S/C17H20N2OS/c18-14-11-13-5-1-2-8-16(13)19(12-14)17(20)9-3-6-15-7-4-10-21-15/h1-2,4-5,7-8,10,14H,3,6,9,11-12,18H2. The molecule has 2 heterocycles. The molecular weight excluding hydrogens is 280 g/mol. The number of nitrogens with zero attached hydrogens (tertiary/aromatic N) is 1. The number of aryl methyl sites for hydroxylation is 1. The highest BCUT2D eigenvalue weighted by molar-refractivity contribution is 7.09. The van der Waals surface area contributed by atoms with Crippen molar-refractivity contribution in [3.05, 3.63) is 52.2 Å². The predicted molar refractivity (Wildman–Crippen MR) is 87.7 cm³/mol. The number of anilines is 1. The first-order chi connectivity index (χ1) is 10.2. The van der Waals surface area contributed by atoms with E-state index in [9.17, 15) is 4.79 Å². The van der Waals surface area contributed by atoms with Crippen molar-refractivity contribution in [2.24, 2.45) is 5.73 Å². The molecule has 0 spiro atoms. The van der Waals surface area contributed by atoms with Crippen molar-refractivity contribution < 1.29 is 4.79 Å². The maximum absolute atomic E-state index is 12.5. The average molecular weight is 300 g/mol. The Kier molecular flexibility index (Phi) is 4.36. The Morgan fingerprint density at radius 2 is 2.14 bits per heavy atom. The molecule has 0 bridgehead atoms. The molecule has 4 heteroatoms. The Hall–Kier alpha value is -1.65. The van der Waals surface area contributed by atoms with Gasteiger partial charge in [0.1, 0.15) is 0 Å². The lowest BCUT2D eigenvalue weighted by Gasteiger charge is -2.33. The number of carbonyl (C=O) groups is 1. The lowest BCUT2D eigenvalue weighted by Crippen LogP contribution is -2.46. The number of carbonyl (C=O) groups excluding carboxylic acids is 1. The second-order valence-corrected chi connectivity index (χ2v) is 6.56. The third-order valence-electron chi connectivity index (χ3n) is 3.88. The van der Waals surface area contributed by atoms with Gasteiger partial charge in [-0.15, -0.1) is 11.3 Å². The van der Waals surface area contributed by atoms with E-state index >= 15 is 0 Å². The molecule has 110 valence electrons. The summed E-state index contributed by atoms with van der Waals surface area (Å²) in [5, 5.41) is 2.08. The van der Waals surface area contributed by atoms with Crippen LogP contribution in [0.25, 0.3) is 0 Å². The molecule has 1 aliphatic heterocycles. The van der Waals surface area contributed by atoms with Crippen molar-refractivity contribution in [2.75, 3.05) is 11.4 Å². The van der Waals surface area contributed by atoms with E-state index in [1.807, 2.05) is 23.1 Å². The van der Waals surface area contributed by atoms with E-state index in [1.165, 1.54) is 10.4 Å². The van der Waals surface area contributed by atoms with E-state index in [0.717, 1.165) is 24.9 Å². The third-order valence-corrected chi connectivity index (χ3v) is 4.81. The van der Waals surface area contributed by atoms with Crippen LogP contribution in [-0.2, 0) is 17.6 Å². The summed E-state index contributed by atoms with van der Waals surface area (Å²) in [6.45, 7) is 0.634. The van der Waals surface area contributed by atoms with E-state index in [2.05, 4.69) is 23.6 Å². The van der Waals surface area contributed by atoms with Crippen LogP contribution in [-0.4, -0.2) is 18.5 Å². The van der Waals surface area contributed by atoms with Gasteiger partial charge in [0, 0.05) is 29.6 Å². The third kappa shape index (κ3) is 3.34. The fourth-order valence-electron chi connectivity index (χ4n) is 2.87. The van der Waals surface area contributed by atoms with Crippen LogP contribution in [0.3, 0.4) is 0 Å². The second kappa shape index (κ2) is 6.41. The Morgan fingerprint density at radius 3 is 2.95 bits per heavy atom. The van der Waals surface area contributed by atoms with Crippen molar-refractivity contribution in [1.82, 2.24) is 0 Å². The Morgan fingerprint density at radius 1 is 1.29 bits per heavy atom. The van der Waals surface area contributed by atoms with Crippen molar-refractivity contribution in [2.45, 2.75) is 31.7 Å². The van der Waals surface area contributed by atoms with Crippen LogP contribution in [0.2, 0.25) is 0 Å². The van der Waals surface area contributed by atoms with Crippen LogP contribution in [0.4, 0.5) is 5.69 Å². The minimum absolute atomic E-state index is 0.0427. The molecule has 0 aliphatic carbocycles. The molecule has 3 rings (SSSR count). The lowest BCUT2D eigenvalue weighted by atomic mass is 9.98. The van der Waals surface area contributed by atoms with E-state index < -0.39 is 0 Å². The summed E-state index contributed by atoms with van der Waals surface area (Å²) < 4.78 is 0. The van der Waals surface area contributed by atoms with Crippen LogP contribution >= 0.6 is 11.3 Å². The van der Waals surface area contributed by atoms with Gasteiger partial charge in [-0.25, -0.2) is 0 Å². The molecule has 3 nitrogen and oxygen atoms in total. The van der Waals surface area contributed by atoms with Crippen molar-refractivity contribution in [3.63, 3.8) is 0 Å². The van der Waals surface area contributed by atoms with Crippen LogP contribution in [0.15, 0.2) is 41.8 Å². The Balaban J connectivity index is 1.64. The number of hydrogen-bond acceptors (Lipinski definition) is 3. The molecule has 1 aromatic heterocycles. The molecule has 1 unspecified atom stereocenters. The van der Waals surface area contributed by atoms with Gasteiger partial charge < -0.3 is 10.6 Å². The molecule has 1 aromatic carbocycles. The van der Waals surface area contributed by atoms with Gasteiger partial charge in [-0.3, -0.25) is 4.79 Å². The number of nitrogens with two attached hydrogens (primary N) is 1. The van der Waals surface area contributed by atoms with E-state index in [-0.39, 0.29) is 11.9 Å². The lowest BCUT2D eigenvalue weighted by molar-refractivity contribution is -0.118. The number of para-hydroxylation sites is 1. The first-order valence-corrected chi connectivity index (χ1v) is 8.28. The smallest absolute Gasteiger partial charge is 0.227 e. The molecule has 0 fully saturated rings. The number of fused-ring (bicyclic) bond motifs is 1. The highest BCUT2D eigenvalue weighted by Crippen LogP contribution is 2.27. The average Bonchev–Trinajstić information content (AvgIpc) is 2.99. The van der Waals surface area contributed by atoms with Crippen molar-refractivity contribution in [3.8, 4) is 0 Å². The van der Waals surface area contributed by atoms with Gasteiger partial charge in [-0.05, 0) is 42.3 Å². The molecule has 2 aromatic rings. The number of thiophene rings is 1. The number of amides is 1. The largest absolute Gasteiger partial charge is 0.326 e. The highest BCUT2D eigenvalue weighted by atomic mass is 32.1. The molecule has 21 heavy (non-hydrogen) atoms. The molecule has 1 atom stereocenters. The first-order valence-electron chi connectivity index (χ1n) is 7.40. The molecule has 0 radical (unpaired) electrons. The van der Waals surface area contributed by atoms with Crippen LogP contribution in [0.5, 0.6) is 0 Å².